The quantitative estimate of drug-likeness (QED) is 0.815. The molecule has 23 heavy (non-hydrogen) atoms. The molecular formula is C17H19Cl2NO2S. The Morgan fingerprint density at radius 1 is 0.957 bits per heavy atom. The van der Waals surface area contributed by atoms with E-state index in [0.717, 1.165) is 5.56 Å². The molecule has 2 aromatic carbocycles. The third-order valence-electron chi connectivity index (χ3n) is 3.32. The third kappa shape index (κ3) is 5.50. The van der Waals surface area contributed by atoms with Gasteiger partial charge in [0.2, 0.25) is 10.0 Å². The van der Waals surface area contributed by atoms with E-state index in [-0.39, 0.29) is 5.75 Å². The summed E-state index contributed by atoms with van der Waals surface area (Å²) < 4.78 is 27.7. The summed E-state index contributed by atoms with van der Waals surface area (Å²) in [6.07, 6.45) is 0.587. The van der Waals surface area contributed by atoms with E-state index in [2.05, 4.69) is 4.72 Å². The van der Waals surface area contributed by atoms with Gasteiger partial charge in [-0.15, -0.1) is 0 Å². The number of rotatable bonds is 6. The van der Waals surface area contributed by atoms with Crippen LogP contribution in [0.15, 0.2) is 48.5 Å². The molecule has 1 N–H and O–H groups in total. The van der Waals surface area contributed by atoms with E-state index >= 15 is 0 Å². The maximum Gasteiger partial charge on any atom is 0.216 e. The van der Waals surface area contributed by atoms with Crippen molar-refractivity contribution in [1.29, 1.82) is 0 Å². The number of hydrogen-bond acceptors (Lipinski definition) is 2. The zero-order valence-electron chi connectivity index (χ0n) is 13.0. The average molecular weight is 372 g/mol. The molecule has 0 amide bonds. The standard InChI is InChI=1S/C17H19Cl2NO2S/c1-17(2,11-13-7-4-3-5-8-13)20-23(21,22)12-14-15(18)9-6-10-16(14)19/h3-10,20H,11-12H2,1-2H3. The zero-order chi connectivity index (χ0) is 17.1. The van der Waals surface area contributed by atoms with Crippen LogP contribution in [-0.4, -0.2) is 14.0 Å². The molecule has 0 aromatic heterocycles. The first kappa shape index (κ1) is 18.3. The first-order chi connectivity index (χ1) is 10.7. The van der Waals surface area contributed by atoms with Crippen molar-refractivity contribution >= 4 is 33.2 Å². The van der Waals surface area contributed by atoms with Crippen LogP contribution < -0.4 is 4.72 Å². The van der Waals surface area contributed by atoms with Gasteiger partial charge in [-0.1, -0.05) is 59.6 Å². The Morgan fingerprint density at radius 3 is 2.09 bits per heavy atom. The molecule has 0 heterocycles. The smallest absolute Gasteiger partial charge is 0.212 e. The van der Waals surface area contributed by atoms with Gasteiger partial charge in [-0.2, -0.15) is 0 Å². The van der Waals surface area contributed by atoms with Gasteiger partial charge >= 0.3 is 0 Å². The number of sulfonamides is 1. The summed E-state index contributed by atoms with van der Waals surface area (Å²) >= 11 is 12.1. The van der Waals surface area contributed by atoms with Gasteiger partial charge < -0.3 is 0 Å². The lowest BCUT2D eigenvalue weighted by atomic mass is 9.96. The fraction of sp³-hybridized carbons (Fsp3) is 0.294. The molecule has 0 aliphatic heterocycles. The molecule has 0 aliphatic rings. The minimum atomic E-state index is -3.58. The highest BCUT2D eigenvalue weighted by Gasteiger charge is 2.26. The molecule has 0 bridgehead atoms. The van der Waals surface area contributed by atoms with Crippen molar-refractivity contribution in [3.63, 3.8) is 0 Å². The Labute approximate surface area is 147 Å². The van der Waals surface area contributed by atoms with Crippen LogP contribution in [0.5, 0.6) is 0 Å². The van der Waals surface area contributed by atoms with Crippen molar-refractivity contribution < 1.29 is 8.42 Å². The fourth-order valence-electron chi connectivity index (χ4n) is 2.46. The van der Waals surface area contributed by atoms with Crippen LogP contribution in [0.3, 0.4) is 0 Å². The predicted molar refractivity (Wildman–Crippen MR) is 96.4 cm³/mol. The summed E-state index contributed by atoms with van der Waals surface area (Å²) in [5, 5.41) is 0.701. The Kier molecular flexibility index (Phi) is 5.74. The molecule has 0 fully saturated rings. The second kappa shape index (κ2) is 7.22. The van der Waals surface area contributed by atoms with Crippen LogP contribution in [-0.2, 0) is 22.2 Å². The minimum Gasteiger partial charge on any atom is -0.212 e. The van der Waals surface area contributed by atoms with Gasteiger partial charge in [0, 0.05) is 21.1 Å². The highest BCUT2D eigenvalue weighted by Crippen LogP contribution is 2.26. The zero-order valence-corrected chi connectivity index (χ0v) is 15.3. The van der Waals surface area contributed by atoms with E-state index in [1.165, 1.54) is 0 Å². The van der Waals surface area contributed by atoms with Crippen molar-refractivity contribution in [3.05, 3.63) is 69.7 Å². The van der Waals surface area contributed by atoms with Crippen LogP contribution in [0.2, 0.25) is 10.0 Å². The molecule has 6 heteroatoms. The maximum atomic E-state index is 12.5. The minimum absolute atomic E-state index is 0.246. The Bertz CT molecular complexity index is 754. The van der Waals surface area contributed by atoms with Crippen molar-refractivity contribution in [2.45, 2.75) is 31.6 Å². The van der Waals surface area contributed by atoms with Crippen LogP contribution in [0, 0.1) is 0 Å². The van der Waals surface area contributed by atoms with Gasteiger partial charge in [-0.25, -0.2) is 13.1 Å². The third-order valence-corrected chi connectivity index (χ3v) is 5.56. The first-order valence-corrected chi connectivity index (χ1v) is 9.58. The normalized spacial score (nSPS) is 12.3. The molecule has 0 saturated heterocycles. The van der Waals surface area contributed by atoms with Crippen molar-refractivity contribution in [2.24, 2.45) is 0 Å². The van der Waals surface area contributed by atoms with Gasteiger partial charge in [-0.3, -0.25) is 0 Å². The largest absolute Gasteiger partial charge is 0.216 e. The molecular weight excluding hydrogens is 353 g/mol. The summed E-state index contributed by atoms with van der Waals surface area (Å²) in [7, 11) is -3.58. The number of nitrogens with one attached hydrogen (secondary N) is 1. The molecule has 0 aliphatic carbocycles. The Balaban J connectivity index is 2.14. The lowest BCUT2D eigenvalue weighted by molar-refractivity contribution is 0.450. The first-order valence-electron chi connectivity index (χ1n) is 7.17. The van der Waals surface area contributed by atoms with Gasteiger partial charge in [0.1, 0.15) is 0 Å². The summed E-state index contributed by atoms with van der Waals surface area (Å²) in [5.74, 6) is -0.246. The summed E-state index contributed by atoms with van der Waals surface area (Å²) in [6, 6.07) is 14.7. The second-order valence-electron chi connectivity index (χ2n) is 6.11. The van der Waals surface area contributed by atoms with E-state index in [4.69, 9.17) is 23.2 Å². The van der Waals surface area contributed by atoms with E-state index in [9.17, 15) is 8.42 Å². The summed E-state index contributed by atoms with van der Waals surface area (Å²) in [4.78, 5) is 0. The van der Waals surface area contributed by atoms with Gasteiger partial charge in [0.15, 0.2) is 0 Å². The molecule has 0 radical (unpaired) electrons. The average Bonchev–Trinajstić information content (AvgIpc) is 2.42. The van der Waals surface area contributed by atoms with E-state index in [1.807, 2.05) is 44.2 Å². The molecule has 0 spiro atoms. The maximum absolute atomic E-state index is 12.5. The monoisotopic (exact) mass is 371 g/mol. The highest BCUT2D eigenvalue weighted by molar-refractivity contribution is 7.88. The molecule has 124 valence electrons. The summed E-state index contributed by atoms with van der Waals surface area (Å²) in [5.41, 5.74) is 0.864. The topological polar surface area (TPSA) is 46.2 Å². The van der Waals surface area contributed by atoms with Crippen molar-refractivity contribution in [3.8, 4) is 0 Å². The van der Waals surface area contributed by atoms with Crippen molar-refractivity contribution in [2.75, 3.05) is 0 Å². The second-order valence-corrected chi connectivity index (χ2v) is 8.64. The molecule has 2 rings (SSSR count). The van der Waals surface area contributed by atoms with Crippen LogP contribution >= 0.6 is 23.2 Å². The van der Waals surface area contributed by atoms with E-state index in [0.29, 0.717) is 22.0 Å². The SMILES string of the molecule is CC(C)(Cc1ccccc1)NS(=O)(=O)Cc1c(Cl)cccc1Cl. The summed E-state index contributed by atoms with van der Waals surface area (Å²) in [6.45, 7) is 3.71. The molecule has 0 atom stereocenters. The lowest BCUT2D eigenvalue weighted by Crippen LogP contribution is -2.45. The van der Waals surface area contributed by atoms with Gasteiger partial charge in [0.05, 0.1) is 5.75 Å². The molecule has 3 nitrogen and oxygen atoms in total. The molecule has 0 saturated carbocycles. The van der Waals surface area contributed by atoms with Gasteiger partial charge in [0.25, 0.3) is 0 Å². The van der Waals surface area contributed by atoms with Gasteiger partial charge in [-0.05, 0) is 38.0 Å². The number of hydrogen-bond donors (Lipinski definition) is 1. The predicted octanol–water partition coefficient (Wildman–Crippen LogP) is 4.43. The van der Waals surface area contributed by atoms with Crippen LogP contribution in [0.1, 0.15) is 25.0 Å². The molecule has 0 unspecified atom stereocenters. The molecule has 2 aromatic rings. The highest BCUT2D eigenvalue weighted by atomic mass is 35.5. The van der Waals surface area contributed by atoms with E-state index in [1.54, 1.807) is 18.2 Å². The van der Waals surface area contributed by atoms with Crippen LogP contribution in [0.4, 0.5) is 0 Å². The van der Waals surface area contributed by atoms with Crippen LogP contribution in [0.25, 0.3) is 0 Å². The fourth-order valence-corrected chi connectivity index (χ4v) is 4.83. The number of benzene rings is 2. The lowest BCUT2D eigenvalue weighted by Gasteiger charge is -2.26. The van der Waals surface area contributed by atoms with E-state index < -0.39 is 15.6 Å². The number of halogens is 2. The van der Waals surface area contributed by atoms with Crippen molar-refractivity contribution in [1.82, 2.24) is 4.72 Å². The Morgan fingerprint density at radius 2 is 1.52 bits per heavy atom. The Hall–Kier alpha value is -1.07.